The number of hydrogen-bond donors (Lipinski definition) is 2. The van der Waals surface area contributed by atoms with Crippen LogP contribution in [0.5, 0.6) is 0 Å². The molecule has 0 saturated heterocycles. The number of carbonyl (C=O) groups excluding carboxylic acids is 3. The van der Waals surface area contributed by atoms with E-state index in [-0.39, 0.29) is 30.6 Å². The lowest BCUT2D eigenvalue weighted by atomic mass is 10.2. The molecule has 9 nitrogen and oxygen atoms in total. The lowest BCUT2D eigenvalue weighted by Gasteiger charge is -2.21. The smallest absolute Gasteiger partial charge is 0.276 e. The van der Waals surface area contributed by atoms with E-state index in [1.54, 1.807) is 11.8 Å². The summed E-state index contributed by atoms with van der Waals surface area (Å²) in [4.78, 5) is 41.7. The molecule has 0 aromatic carbocycles. The summed E-state index contributed by atoms with van der Waals surface area (Å²) in [6.45, 7) is 6.31. The number of carbonyl (C=O) groups is 3. The highest BCUT2D eigenvalue weighted by Gasteiger charge is 2.14. The van der Waals surface area contributed by atoms with E-state index in [9.17, 15) is 19.6 Å². The second-order valence-corrected chi connectivity index (χ2v) is 9.81. The average Bonchev–Trinajstić information content (AvgIpc) is 2.98. The third kappa shape index (κ3) is 19.5. The quantitative estimate of drug-likeness (QED) is 0.116. The number of aromatic nitrogens is 2. The van der Waals surface area contributed by atoms with E-state index >= 15 is 0 Å². The van der Waals surface area contributed by atoms with E-state index in [1.165, 1.54) is 13.1 Å². The predicted molar refractivity (Wildman–Crippen MR) is 173 cm³/mol. The second-order valence-electron chi connectivity index (χ2n) is 9.81. The van der Waals surface area contributed by atoms with Crippen molar-refractivity contribution in [1.29, 1.82) is 0 Å². The van der Waals surface area contributed by atoms with Gasteiger partial charge in [0.2, 0.25) is 23.7 Å². The normalized spacial score (nSPS) is 12.1. The number of hydrogen-bond acceptors (Lipinski definition) is 5. The minimum absolute atomic E-state index is 0.00847. The summed E-state index contributed by atoms with van der Waals surface area (Å²) in [6, 6.07) is 0. The van der Waals surface area contributed by atoms with E-state index in [0.29, 0.717) is 36.4 Å². The van der Waals surface area contributed by atoms with Crippen molar-refractivity contribution in [2.24, 2.45) is 0 Å². The molecule has 0 unspecified atom stereocenters. The Morgan fingerprint density at radius 2 is 1.30 bits per heavy atom. The highest BCUT2D eigenvalue weighted by Crippen LogP contribution is 1.98. The van der Waals surface area contributed by atoms with Crippen molar-refractivity contribution >= 4 is 17.7 Å². The molecule has 0 aliphatic carbocycles. The molecule has 0 radical (unpaired) electrons. The van der Waals surface area contributed by atoms with Crippen LogP contribution in [0.2, 0.25) is 0 Å². The topological polar surface area (TPSA) is 118 Å². The van der Waals surface area contributed by atoms with Gasteiger partial charge in [-0.25, -0.2) is 4.98 Å². The van der Waals surface area contributed by atoms with E-state index in [2.05, 4.69) is 89.4 Å². The van der Waals surface area contributed by atoms with Gasteiger partial charge in [-0.15, -0.1) is 0 Å². The van der Waals surface area contributed by atoms with Crippen molar-refractivity contribution in [2.45, 2.75) is 72.1 Å². The molecule has 0 spiro atoms. The molecule has 1 rings (SSSR count). The van der Waals surface area contributed by atoms with Gasteiger partial charge in [0.05, 0.1) is 6.20 Å². The maximum Gasteiger partial charge on any atom is 0.276 e. The van der Waals surface area contributed by atoms with E-state index < -0.39 is 5.91 Å². The standard InChI is InChI=1S/C34H49N5O4/c1-4-5-6-7-8-9-10-11-12-13-14-15-16-17-18-19-20-21-22-23-33(41)35-24-26-38(31(3)40)27-25-36-34(42)32-29-39(43)30(2)28-37-32/h5-6,8-9,11-12,14-15,17-18,20-21,28-29H,4,7,10,13,16,19,22-27H2,1-3H3,(H,35,41)(H,36,42)/b6-5-,9-8-,12-11-,15-14-,18-17-,21-20-. The third-order valence-electron chi connectivity index (χ3n) is 6.16. The van der Waals surface area contributed by atoms with Gasteiger partial charge >= 0.3 is 0 Å². The van der Waals surface area contributed by atoms with Crippen molar-refractivity contribution in [2.75, 3.05) is 26.2 Å². The van der Waals surface area contributed by atoms with Crippen molar-refractivity contribution < 1.29 is 19.1 Å². The monoisotopic (exact) mass is 591 g/mol. The van der Waals surface area contributed by atoms with E-state index in [4.69, 9.17) is 0 Å². The lowest BCUT2D eigenvalue weighted by molar-refractivity contribution is -0.613. The summed E-state index contributed by atoms with van der Waals surface area (Å²) >= 11 is 0. The van der Waals surface area contributed by atoms with Gasteiger partial charge in [-0.05, 0) is 44.9 Å². The molecule has 0 bridgehead atoms. The van der Waals surface area contributed by atoms with Crippen LogP contribution in [0.25, 0.3) is 0 Å². The first kappa shape index (κ1) is 36.8. The van der Waals surface area contributed by atoms with Gasteiger partial charge in [0.15, 0.2) is 5.69 Å². The molecule has 0 saturated carbocycles. The molecular formula is C34H49N5O4. The Labute approximate surface area is 257 Å². The first-order chi connectivity index (χ1) is 20.8. The van der Waals surface area contributed by atoms with Crippen molar-refractivity contribution in [3.05, 3.63) is 102 Å². The number of amides is 3. The van der Waals surface area contributed by atoms with Crippen molar-refractivity contribution in [3.63, 3.8) is 0 Å². The Bertz CT molecular complexity index is 1150. The lowest BCUT2D eigenvalue weighted by Crippen LogP contribution is -2.42. The fourth-order valence-electron chi connectivity index (χ4n) is 3.68. The van der Waals surface area contributed by atoms with Crippen LogP contribution in [0.3, 0.4) is 0 Å². The predicted octanol–water partition coefficient (Wildman–Crippen LogP) is 5.20. The summed E-state index contributed by atoms with van der Waals surface area (Å²) in [5.41, 5.74) is 0.396. The molecule has 43 heavy (non-hydrogen) atoms. The number of nitrogens with zero attached hydrogens (tertiary/aromatic N) is 3. The molecule has 9 heteroatoms. The van der Waals surface area contributed by atoms with Crippen LogP contribution in [0.15, 0.2) is 85.3 Å². The number of nitrogens with one attached hydrogen (secondary N) is 2. The van der Waals surface area contributed by atoms with Gasteiger partial charge in [0, 0.05) is 46.4 Å². The molecule has 0 aliphatic heterocycles. The molecule has 0 fully saturated rings. The molecular weight excluding hydrogens is 542 g/mol. The zero-order valence-electron chi connectivity index (χ0n) is 26.0. The summed E-state index contributed by atoms with van der Waals surface area (Å²) in [7, 11) is 0. The Balaban J connectivity index is 2.12. The Morgan fingerprint density at radius 3 is 1.79 bits per heavy atom. The SMILES string of the molecule is CC/C=C\C/C=C\C/C=C\C/C=C\C/C=C\C/C=C\CCC(=O)NCCN(CCNC(=O)c1c[n+]([O-])c(C)cn1)C(C)=O. The molecule has 2 N–H and O–H groups in total. The van der Waals surface area contributed by atoms with Gasteiger partial charge < -0.3 is 20.7 Å². The number of aryl methyl sites for hydroxylation is 1. The minimum Gasteiger partial charge on any atom is -0.618 e. The van der Waals surface area contributed by atoms with Crippen molar-refractivity contribution in [1.82, 2.24) is 20.5 Å². The number of rotatable bonds is 21. The van der Waals surface area contributed by atoms with E-state index in [0.717, 1.165) is 44.7 Å². The highest BCUT2D eigenvalue weighted by atomic mass is 16.5. The van der Waals surface area contributed by atoms with Gasteiger partial charge in [-0.1, -0.05) is 79.8 Å². The molecule has 0 atom stereocenters. The van der Waals surface area contributed by atoms with Crippen LogP contribution in [-0.2, 0) is 9.59 Å². The summed E-state index contributed by atoms with van der Waals surface area (Å²) in [6.07, 6.45) is 35.0. The first-order valence-corrected chi connectivity index (χ1v) is 15.1. The summed E-state index contributed by atoms with van der Waals surface area (Å²) in [5, 5.41) is 17.1. The Morgan fingerprint density at radius 1 is 0.814 bits per heavy atom. The maximum absolute atomic E-state index is 12.2. The van der Waals surface area contributed by atoms with E-state index in [1.807, 2.05) is 6.08 Å². The van der Waals surface area contributed by atoms with Gasteiger partial charge in [-0.2, -0.15) is 4.73 Å². The average molecular weight is 592 g/mol. The molecule has 1 heterocycles. The van der Waals surface area contributed by atoms with Crippen LogP contribution in [0, 0.1) is 12.1 Å². The molecule has 1 aromatic rings. The molecule has 234 valence electrons. The Hall–Kier alpha value is -4.27. The van der Waals surface area contributed by atoms with Gasteiger partial charge in [0.1, 0.15) is 0 Å². The Kier molecular flexibility index (Phi) is 20.8. The third-order valence-corrected chi connectivity index (χ3v) is 6.16. The largest absolute Gasteiger partial charge is 0.618 e. The molecule has 0 aliphatic rings. The minimum atomic E-state index is -0.490. The highest BCUT2D eigenvalue weighted by molar-refractivity contribution is 5.91. The zero-order valence-corrected chi connectivity index (χ0v) is 26.0. The maximum atomic E-state index is 12.2. The van der Waals surface area contributed by atoms with Gasteiger partial charge in [0.25, 0.3) is 5.91 Å². The van der Waals surface area contributed by atoms with Crippen LogP contribution < -0.4 is 15.4 Å². The zero-order chi connectivity index (χ0) is 31.5. The second kappa shape index (κ2) is 24.3. The van der Waals surface area contributed by atoms with Crippen LogP contribution in [-0.4, -0.2) is 53.8 Å². The van der Waals surface area contributed by atoms with Crippen molar-refractivity contribution in [3.8, 4) is 0 Å². The molecule has 3 amide bonds. The van der Waals surface area contributed by atoms with Crippen LogP contribution in [0.1, 0.15) is 81.4 Å². The van der Waals surface area contributed by atoms with Crippen LogP contribution in [0.4, 0.5) is 0 Å². The number of allylic oxidation sites excluding steroid dienone is 12. The summed E-state index contributed by atoms with van der Waals surface area (Å²) in [5.74, 6) is -0.726. The molecule has 1 aromatic heterocycles. The fourth-order valence-corrected chi connectivity index (χ4v) is 3.68. The first-order valence-electron chi connectivity index (χ1n) is 15.1. The van der Waals surface area contributed by atoms with Crippen LogP contribution >= 0.6 is 0 Å². The summed E-state index contributed by atoms with van der Waals surface area (Å²) < 4.78 is 0.578. The fraction of sp³-hybridized carbons (Fsp3) is 0.441. The van der Waals surface area contributed by atoms with Gasteiger partial charge in [-0.3, -0.25) is 14.4 Å².